The van der Waals surface area contributed by atoms with Crippen LogP contribution in [0.25, 0.3) is 0 Å². The van der Waals surface area contributed by atoms with Gasteiger partial charge in [-0.05, 0) is 38.6 Å². The highest BCUT2D eigenvalue weighted by Gasteiger charge is 2.35. The average Bonchev–Trinajstić information content (AvgIpc) is 2.35. The lowest BCUT2D eigenvalue weighted by molar-refractivity contribution is -0.137. The predicted molar refractivity (Wildman–Crippen MR) is 65.2 cm³/mol. The molecule has 0 bridgehead atoms. The van der Waals surface area contributed by atoms with Crippen LogP contribution in [-0.4, -0.2) is 37.0 Å². The summed E-state index contributed by atoms with van der Waals surface area (Å²) in [7, 11) is 1.91. The number of nitrogens with one attached hydrogen (secondary N) is 1. The number of carbonyl (C=O) groups is 1. The van der Waals surface area contributed by atoms with Crippen molar-refractivity contribution in [1.29, 1.82) is 0 Å². The topological polar surface area (TPSA) is 32.3 Å². The number of amides is 1. The number of likely N-dealkylation sites (tertiary alicyclic amines) is 1. The molecule has 0 aromatic rings. The van der Waals surface area contributed by atoms with Gasteiger partial charge in [0.25, 0.3) is 0 Å². The lowest BCUT2D eigenvalue weighted by atomic mass is 9.78. The predicted octanol–water partition coefficient (Wildman–Crippen LogP) is 1.78. The number of piperidine rings is 1. The Morgan fingerprint density at radius 1 is 1.25 bits per heavy atom. The smallest absolute Gasteiger partial charge is 0.224 e. The van der Waals surface area contributed by atoms with Crippen molar-refractivity contribution < 1.29 is 4.79 Å². The van der Waals surface area contributed by atoms with Crippen LogP contribution in [0.4, 0.5) is 0 Å². The van der Waals surface area contributed by atoms with Crippen LogP contribution in [0, 0.1) is 5.92 Å². The maximum Gasteiger partial charge on any atom is 0.224 e. The van der Waals surface area contributed by atoms with Gasteiger partial charge in [0.15, 0.2) is 0 Å². The van der Waals surface area contributed by atoms with Gasteiger partial charge in [0, 0.05) is 25.6 Å². The Morgan fingerprint density at radius 2 is 2.00 bits per heavy atom. The van der Waals surface area contributed by atoms with E-state index in [1.165, 1.54) is 38.5 Å². The van der Waals surface area contributed by atoms with Crippen LogP contribution in [0.15, 0.2) is 0 Å². The first-order chi connectivity index (χ1) is 7.83. The minimum atomic E-state index is 0.367. The van der Waals surface area contributed by atoms with Gasteiger partial charge in [-0.2, -0.15) is 0 Å². The molecule has 3 heteroatoms. The fourth-order valence-electron chi connectivity index (χ4n) is 3.31. The molecule has 1 saturated carbocycles. The molecule has 92 valence electrons. The van der Waals surface area contributed by atoms with Crippen LogP contribution >= 0.6 is 0 Å². The van der Waals surface area contributed by atoms with E-state index in [2.05, 4.69) is 10.2 Å². The Hall–Kier alpha value is -0.570. The van der Waals surface area contributed by atoms with Crippen LogP contribution in [0.1, 0.15) is 44.9 Å². The Kier molecular flexibility index (Phi) is 4.22. The lowest BCUT2D eigenvalue weighted by Crippen LogP contribution is -2.50. The molecular formula is C13H24N2O. The molecule has 1 aliphatic heterocycles. The van der Waals surface area contributed by atoms with E-state index in [1.54, 1.807) is 0 Å². The normalized spacial score (nSPS) is 29.9. The quantitative estimate of drug-likeness (QED) is 0.792. The maximum atomic E-state index is 12.1. The molecule has 0 radical (unpaired) electrons. The minimum Gasteiger partial charge on any atom is -0.339 e. The second-order valence-corrected chi connectivity index (χ2v) is 5.19. The van der Waals surface area contributed by atoms with Crippen LogP contribution in [-0.2, 0) is 4.79 Å². The highest BCUT2D eigenvalue weighted by Crippen LogP contribution is 2.35. The molecule has 1 N–H and O–H groups in total. The number of rotatable bonds is 3. The molecule has 1 saturated heterocycles. The van der Waals surface area contributed by atoms with Crippen LogP contribution in [0.5, 0.6) is 0 Å². The molecule has 3 nitrogen and oxygen atoms in total. The molecular weight excluding hydrogens is 200 g/mol. The Bertz CT molecular complexity index is 240. The van der Waals surface area contributed by atoms with Crippen LogP contribution in [0.3, 0.4) is 0 Å². The van der Waals surface area contributed by atoms with Crippen molar-refractivity contribution in [1.82, 2.24) is 10.2 Å². The van der Waals surface area contributed by atoms with Crippen molar-refractivity contribution in [2.45, 2.75) is 51.0 Å². The van der Waals surface area contributed by atoms with Crippen LogP contribution in [0.2, 0.25) is 0 Å². The summed E-state index contributed by atoms with van der Waals surface area (Å²) in [4.78, 5) is 14.3. The standard InChI is InChI=1S/C13H24N2O/c1-14-9-8-13(16)15-10-4-6-11-5-2-3-7-12(11)15/h11-12,14H,2-10H2,1H3. The fraction of sp³-hybridized carbons (Fsp3) is 0.923. The first-order valence-corrected chi connectivity index (χ1v) is 6.77. The fourth-order valence-corrected chi connectivity index (χ4v) is 3.31. The summed E-state index contributed by atoms with van der Waals surface area (Å²) in [6, 6.07) is 0.576. The monoisotopic (exact) mass is 224 g/mol. The minimum absolute atomic E-state index is 0.367. The third-order valence-corrected chi connectivity index (χ3v) is 4.15. The van der Waals surface area contributed by atoms with E-state index in [1.807, 2.05) is 7.05 Å². The van der Waals surface area contributed by atoms with Crippen molar-refractivity contribution >= 4 is 5.91 Å². The van der Waals surface area contributed by atoms with Gasteiger partial charge in [0.1, 0.15) is 0 Å². The molecule has 16 heavy (non-hydrogen) atoms. The molecule has 2 atom stereocenters. The third-order valence-electron chi connectivity index (χ3n) is 4.15. The summed E-state index contributed by atoms with van der Waals surface area (Å²) in [6.07, 6.45) is 8.51. The van der Waals surface area contributed by atoms with E-state index in [-0.39, 0.29) is 0 Å². The van der Waals surface area contributed by atoms with Gasteiger partial charge in [-0.25, -0.2) is 0 Å². The van der Waals surface area contributed by atoms with E-state index in [9.17, 15) is 4.79 Å². The molecule has 0 spiro atoms. The average molecular weight is 224 g/mol. The van der Waals surface area contributed by atoms with E-state index in [0.29, 0.717) is 18.4 Å². The highest BCUT2D eigenvalue weighted by molar-refractivity contribution is 5.76. The third kappa shape index (κ3) is 2.57. The molecule has 1 amide bonds. The molecule has 1 aliphatic carbocycles. The zero-order valence-corrected chi connectivity index (χ0v) is 10.4. The van der Waals surface area contributed by atoms with Gasteiger partial charge < -0.3 is 10.2 Å². The lowest BCUT2D eigenvalue weighted by Gasteiger charge is -2.44. The van der Waals surface area contributed by atoms with Gasteiger partial charge in [-0.1, -0.05) is 12.8 Å². The molecule has 1 heterocycles. The second kappa shape index (κ2) is 5.67. The first kappa shape index (κ1) is 11.9. The van der Waals surface area contributed by atoms with Crippen molar-refractivity contribution in [3.05, 3.63) is 0 Å². The summed E-state index contributed by atoms with van der Waals surface area (Å²) in [5, 5.41) is 3.06. The number of carbonyl (C=O) groups excluding carboxylic acids is 1. The first-order valence-electron chi connectivity index (χ1n) is 6.77. The number of nitrogens with zero attached hydrogens (tertiary/aromatic N) is 1. The number of hydrogen-bond donors (Lipinski definition) is 1. The van der Waals surface area contributed by atoms with Gasteiger partial charge in [0.05, 0.1) is 0 Å². The van der Waals surface area contributed by atoms with E-state index < -0.39 is 0 Å². The zero-order valence-electron chi connectivity index (χ0n) is 10.4. The van der Waals surface area contributed by atoms with E-state index >= 15 is 0 Å². The number of fused-ring (bicyclic) bond motifs is 1. The Morgan fingerprint density at radius 3 is 2.81 bits per heavy atom. The van der Waals surface area contributed by atoms with E-state index in [4.69, 9.17) is 0 Å². The Labute approximate surface area is 98.6 Å². The van der Waals surface area contributed by atoms with Gasteiger partial charge >= 0.3 is 0 Å². The van der Waals surface area contributed by atoms with Crippen LogP contribution < -0.4 is 5.32 Å². The summed E-state index contributed by atoms with van der Waals surface area (Å²) < 4.78 is 0. The SMILES string of the molecule is CNCCC(=O)N1CCCC2CCCCC21. The van der Waals surface area contributed by atoms with Crippen molar-refractivity contribution in [2.24, 2.45) is 5.92 Å². The number of hydrogen-bond acceptors (Lipinski definition) is 2. The molecule has 0 aromatic carbocycles. The molecule has 0 aromatic heterocycles. The molecule has 2 fully saturated rings. The second-order valence-electron chi connectivity index (χ2n) is 5.19. The van der Waals surface area contributed by atoms with Gasteiger partial charge in [-0.3, -0.25) is 4.79 Å². The van der Waals surface area contributed by atoms with Gasteiger partial charge in [-0.15, -0.1) is 0 Å². The van der Waals surface area contributed by atoms with Crippen molar-refractivity contribution in [2.75, 3.05) is 20.1 Å². The van der Waals surface area contributed by atoms with Crippen molar-refractivity contribution in [3.63, 3.8) is 0 Å². The summed E-state index contributed by atoms with van der Waals surface area (Å²) >= 11 is 0. The maximum absolute atomic E-state index is 12.1. The molecule has 2 aliphatic rings. The summed E-state index contributed by atoms with van der Waals surface area (Å²) in [5.74, 6) is 1.17. The molecule has 2 unspecified atom stereocenters. The zero-order chi connectivity index (χ0) is 11.4. The largest absolute Gasteiger partial charge is 0.339 e. The summed E-state index contributed by atoms with van der Waals surface area (Å²) in [5.41, 5.74) is 0. The van der Waals surface area contributed by atoms with E-state index in [0.717, 1.165) is 19.0 Å². The summed E-state index contributed by atoms with van der Waals surface area (Å²) in [6.45, 7) is 1.82. The Balaban J connectivity index is 1.93. The van der Waals surface area contributed by atoms with Gasteiger partial charge in [0.2, 0.25) is 5.91 Å². The molecule has 2 rings (SSSR count). The van der Waals surface area contributed by atoms with Crippen molar-refractivity contribution in [3.8, 4) is 0 Å². The highest BCUT2D eigenvalue weighted by atomic mass is 16.2.